The Balaban J connectivity index is 1.56. The highest BCUT2D eigenvalue weighted by Crippen LogP contribution is 2.24. The van der Waals surface area contributed by atoms with Gasteiger partial charge in [-0.2, -0.15) is 10.4 Å². The second-order valence-electron chi connectivity index (χ2n) is 6.30. The van der Waals surface area contributed by atoms with Crippen LogP contribution in [0, 0.1) is 17.1 Å². The van der Waals surface area contributed by atoms with Crippen molar-refractivity contribution in [1.29, 1.82) is 5.26 Å². The normalized spacial score (nSPS) is 10.3. The summed E-state index contributed by atoms with van der Waals surface area (Å²) >= 11 is 0. The second kappa shape index (κ2) is 7.79. The van der Waals surface area contributed by atoms with Crippen molar-refractivity contribution in [3.05, 3.63) is 102 Å². The quantitative estimate of drug-likeness (QED) is 0.551. The van der Waals surface area contributed by atoms with Crippen molar-refractivity contribution in [3.8, 4) is 22.9 Å². The molecule has 5 nitrogen and oxygen atoms in total. The highest BCUT2D eigenvalue weighted by atomic mass is 19.1. The van der Waals surface area contributed by atoms with Crippen LogP contribution in [-0.4, -0.2) is 15.7 Å². The molecule has 1 heterocycles. The van der Waals surface area contributed by atoms with Crippen LogP contribution in [0.15, 0.2) is 85.1 Å². The van der Waals surface area contributed by atoms with Crippen LogP contribution in [0.25, 0.3) is 16.8 Å². The molecule has 4 rings (SSSR count). The fourth-order valence-electron chi connectivity index (χ4n) is 3.01. The van der Waals surface area contributed by atoms with Crippen molar-refractivity contribution in [2.75, 3.05) is 5.32 Å². The molecule has 0 bridgehead atoms. The average Bonchev–Trinajstić information content (AvgIpc) is 3.25. The monoisotopic (exact) mass is 382 g/mol. The Morgan fingerprint density at radius 3 is 2.55 bits per heavy atom. The van der Waals surface area contributed by atoms with E-state index in [-0.39, 0.29) is 11.7 Å². The number of hydrogen-bond acceptors (Lipinski definition) is 3. The van der Waals surface area contributed by atoms with Gasteiger partial charge in [0, 0.05) is 11.3 Å². The number of carbonyl (C=O) groups excluding carboxylic acids is 1. The predicted molar refractivity (Wildman–Crippen MR) is 108 cm³/mol. The fourth-order valence-corrected chi connectivity index (χ4v) is 3.01. The lowest BCUT2D eigenvalue weighted by molar-refractivity contribution is 0.101. The van der Waals surface area contributed by atoms with E-state index in [1.54, 1.807) is 72.8 Å². The topological polar surface area (TPSA) is 70.7 Å². The minimum Gasteiger partial charge on any atom is -0.321 e. The van der Waals surface area contributed by atoms with Crippen molar-refractivity contribution < 1.29 is 9.18 Å². The molecule has 0 fully saturated rings. The lowest BCUT2D eigenvalue weighted by atomic mass is 10.0. The highest BCUT2D eigenvalue weighted by Gasteiger charge is 2.14. The summed E-state index contributed by atoms with van der Waals surface area (Å²) in [6.45, 7) is 0. The van der Waals surface area contributed by atoms with Gasteiger partial charge in [0.1, 0.15) is 11.5 Å². The molecule has 1 aromatic heterocycles. The van der Waals surface area contributed by atoms with Gasteiger partial charge in [-0.25, -0.2) is 9.07 Å². The molecule has 0 saturated heterocycles. The second-order valence-corrected chi connectivity index (χ2v) is 6.30. The Hall–Kier alpha value is -4.24. The van der Waals surface area contributed by atoms with E-state index in [1.807, 2.05) is 0 Å². The number of nitrogens with zero attached hydrogens (tertiary/aromatic N) is 3. The van der Waals surface area contributed by atoms with Crippen LogP contribution in [0.1, 0.15) is 16.1 Å². The minimum atomic E-state index is -0.344. The van der Waals surface area contributed by atoms with E-state index in [0.717, 1.165) is 5.56 Å². The third kappa shape index (κ3) is 3.75. The van der Waals surface area contributed by atoms with Gasteiger partial charge in [-0.1, -0.05) is 36.4 Å². The first-order chi connectivity index (χ1) is 14.2. The molecule has 3 aromatic carbocycles. The molecule has 4 aromatic rings. The maximum Gasteiger partial charge on any atom is 0.274 e. The largest absolute Gasteiger partial charge is 0.321 e. The van der Waals surface area contributed by atoms with Crippen molar-refractivity contribution in [2.24, 2.45) is 0 Å². The molecule has 29 heavy (non-hydrogen) atoms. The molecule has 0 aliphatic carbocycles. The van der Waals surface area contributed by atoms with E-state index < -0.39 is 0 Å². The number of rotatable bonds is 4. The molecular weight excluding hydrogens is 367 g/mol. The molecule has 0 radical (unpaired) electrons. The summed E-state index contributed by atoms with van der Waals surface area (Å²) in [5.41, 5.74) is 3.23. The van der Waals surface area contributed by atoms with Crippen LogP contribution in [0.4, 0.5) is 10.1 Å². The summed E-state index contributed by atoms with van der Waals surface area (Å²) in [5, 5.41) is 16.1. The van der Waals surface area contributed by atoms with Gasteiger partial charge in [-0.15, -0.1) is 0 Å². The summed E-state index contributed by atoms with van der Waals surface area (Å²) in [6, 6.07) is 24.0. The van der Waals surface area contributed by atoms with Gasteiger partial charge >= 0.3 is 0 Å². The molecule has 0 saturated carbocycles. The number of hydrogen-bond donors (Lipinski definition) is 1. The summed E-state index contributed by atoms with van der Waals surface area (Å²) in [6.07, 6.45) is 1.52. The zero-order chi connectivity index (χ0) is 20.2. The zero-order valence-electron chi connectivity index (χ0n) is 15.2. The molecule has 140 valence electrons. The van der Waals surface area contributed by atoms with Crippen LogP contribution in [-0.2, 0) is 0 Å². The van der Waals surface area contributed by atoms with E-state index in [1.165, 1.54) is 16.9 Å². The van der Waals surface area contributed by atoms with Crippen LogP contribution >= 0.6 is 0 Å². The third-order valence-corrected chi connectivity index (χ3v) is 4.42. The lowest BCUT2D eigenvalue weighted by Crippen LogP contribution is -2.17. The number of halogens is 1. The van der Waals surface area contributed by atoms with E-state index in [0.29, 0.717) is 28.2 Å². The fraction of sp³-hybridized carbons (Fsp3) is 0. The number of nitrogens with one attached hydrogen (secondary N) is 1. The summed E-state index contributed by atoms with van der Waals surface area (Å²) in [5.74, 6) is -0.642. The van der Waals surface area contributed by atoms with Gasteiger partial charge in [0.05, 0.1) is 23.5 Å². The number of anilines is 1. The van der Waals surface area contributed by atoms with Gasteiger partial charge in [0.15, 0.2) is 0 Å². The van der Waals surface area contributed by atoms with Crippen LogP contribution in [0.2, 0.25) is 0 Å². The van der Waals surface area contributed by atoms with Crippen molar-refractivity contribution in [2.45, 2.75) is 0 Å². The first-order valence-corrected chi connectivity index (χ1v) is 8.86. The van der Waals surface area contributed by atoms with Crippen molar-refractivity contribution in [3.63, 3.8) is 0 Å². The molecule has 6 heteroatoms. The SMILES string of the molecule is N#Cc1cccc(-n2nccc2C(=O)Nc2ccc(-c3ccccc3F)cc2)c1. The maximum atomic E-state index is 13.9. The van der Waals surface area contributed by atoms with Crippen LogP contribution < -0.4 is 5.32 Å². The van der Waals surface area contributed by atoms with E-state index in [9.17, 15) is 9.18 Å². The molecule has 0 aliphatic heterocycles. The van der Waals surface area contributed by atoms with Crippen LogP contribution in [0.3, 0.4) is 0 Å². The smallest absolute Gasteiger partial charge is 0.274 e. The predicted octanol–water partition coefficient (Wildman–Crippen LogP) is 4.80. The third-order valence-electron chi connectivity index (χ3n) is 4.42. The Kier molecular flexibility index (Phi) is 4.87. The Morgan fingerprint density at radius 1 is 1.00 bits per heavy atom. The number of benzene rings is 3. The number of carbonyl (C=O) groups is 1. The van der Waals surface area contributed by atoms with Gasteiger partial charge in [0.2, 0.25) is 0 Å². The number of nitriles is 1. The maximum absolute atomic E-state index is 13.9. The molecule has 1 N–H and O–H groups in total. The standard InChI is InChI=1S/C23H15FN4O/c24-21-7-2-1-6-20(21)17-8-10-18(11-9-17)27-23(29)22-12-13-26-28(22)19-5-3-4-16(14-19)15-25/h1-14H,(H,27,29). The Labute approximate surface area is 166 Å². The molecule has 0 aliphatic rings. The lowest BCUT2D eigenvalue weighted by Gasteiger charge is -2.10. The number of amides is 1. The van der Waals surface area contributed by atoms with E-state index in [2.05, 4.69) is 16.5 Å². The summed E-state index contributed by atoms with van der Waals surface area (Å²) in [7, 11) is 0. The Bertz CT molecular complexity index is 1220. The molecule has 0 unspecified atom stereocenters. The van der Waals surface area contributed by atoms with E-state index in [4.69, 9.17) is 5.26 Å². The molecule has 1 amide bonds. The van der Waals surface area contributed by atoms with Gasteiger partial charge < -0.3 is 5.32 Å². The van der Waals surface area contributed by atoms with Gasteiger partial charge in [-0.05, 0) is 48.0 Å². The van der Waals surface area contributed by atoms with Crippen molar-refractivity contribution >= 4 is 11.6 Å². The van der Waals surface area contributed by atoms with Gasteiger partial charge in [-0.3, -0.25) is 4.79 Å². The molecule has 0 atom stereocenters. The summed E-state index contributed by atoms with van der Waals surface area (Å²) in [4.78, 5) is 12.7. The molecular formula is C23H15FN4O. The summed E-state index contributed by atoms with van der Waals surface area (Å²) < 4.78 is 15.4. The minimum absolute atomic E-state index is 0.298. The Morgan fingerprint density at radius 2 is 1.79 bits per heavy atom. The first kappa shape index (κ1) is 18.1. The molecule has 0 spiro atoms. The number of aromatic nitrogens is 2. The van der Waals surface area contributed by atoms with Crippen molar-refractivity contribution in [1.82, 2.24) is 9.78 Å². The van der Waals surface area contributed by atoms with Gasteiger partial charge in [0.25, 0.3) is 5.91 Å². The highest BCUT2D eigenvalue weighted by molar-refractivity contribution is 6.03. The zero-order valence-corrected chi connectivity index (χ0v) is 15.2. The van der Waals surface area contributed by atoms with Crippen LogP contribution in [0.5, 0.6) is 0 Å². The average molecular weight is 382 g/mol. The van der Waals surface area contributed by atoms with E-state index >= 15 is 0 Å². The first-order valence-electron chi connectivity index (χ1n) is 8.86.